The Morgan fingerprint density at radius 1 is 1.32 bits per heavy atom. The van der Waals surface area contributed by atoms with Gasteiger partial charge in [0.2, 0.25) is 0 Å². The molecular formula is C14H15BrFN3. The van der Waals surface area contributed by atoms with Gasteiger partial charge in [0.15, 0.2) is 0 Å². The van der Waals surface area contributed by atoms with Gasteiger partial charge in [-0.15, -0.1) is 0 Å². The minimum Gasteiger partial charge on any atom is -0.307 e. The molecule has 0 amide bonds. The first-order valence-electron chi connectivity index (χ1n) is 6.15. The molecule has 1 heterocycles. The van der Waals surface area contributed by atoms with E-state index in [2.05, 4.69) is 31.2 Å². The van der Waals surface area contributed by atoms with Gasteiger partial charge in [0.1, 0.15) is 11.6 Å². The number of hydrogen-bond acceptors (Lipinski definition) is 3. The Balaban J connectivity index is 2.24. The molecule has 0 saturated heterocycles. The van der Waals surface area contributed by atoms with Crippen LogP contribution in [0.15, 0.2) is 41.1 Å². The van der Waals surface area contributed by atoms with E-state index in [1.54, 1.807) is 30.6 Å². The van der Waals surface area contributed by atoms with Crippen LogP contribution in [0.25, 0.3) is 0 Å². The summed E-state index contributed by atoms with van der Waals surface area (Å²) in [5, 5.41) is 3.29. The summed E-state index contributed by atoms with van der Waals surface area (Å²) < 4.78 is 14.7. The fourth-order valence-corrected chi connectivity index (χ4v) is 2.32. The van der Waals surface area contributed by atoms with Crippen molar-refractivity contribution in [3.05, 3.63) is 58.3 Å². The molecule has 1 N–H and O–H groups in total. The molecule has 0 saturated carbocycles. The number of nitrogens with zero attached hydrogens (tertiary/aromatic N) is 2. The van der Waals surface area contributed by atoms with Crippen molar-refractivity contribution in [3.8, 4) is 0 Å². The molecule has 0 spiro atoms. The average Bonchev–Trinajstić information content (AvgIpc) is 2.43. The summed E-state index contributed by atoms with van der Waals surface area (Å²) in [7, 11) is 0. The Morgan fingerprint density at radius 3 is 2.74 bits per heavy atom. The molecule has 0 fully saturated rings. The zero-order chi connectivity index (χ0) is 13.7. The van der Waals surface area contributed by atoms with Crippen LogP contribution in [0.4, 0.5) is 4.39 Å². The van der Waals surface area contributed by atoms with Crippen LogP contribution in [0.5, 0.6) is 0 Å². The molecule has 1 unspecified atom stereocenters. The van der Waals surface area contributed by atoms with E-state index in [1.165, 1.54) is 6.07 Å². The van der Waals surface area contributed by atoms with Crippen LogP contribution in [0, 0.1) is 5.82 Å². The van der Waals surface area contributed by atoms with Gasteiger partial charge in [-0.3, -0.25) is 0 Å². The predicted octanol–water partition coefficient (Wildman–Crippen LogP) is 3.27. The Labute approximate surface area is 120 Å². The molecular weight excluding hydrogens is 309 g/mol. The first-order valence-corrected chi connectivity index (χ1v) is 6.94. The number of hydrogen-bond donors (Lipinski definition) is 1. The smallest absolute Gasteiger partial charge is 0.145 e. The lowest BCUT2D eigenvalue weighted by molar-refractivity contribution is 0.505. The van der Waals surface area contributed by atoms with Crippen LogP contribution in [-0.2, 0) is 6.42 Å². The summed E-state index contributed by atoms with van der Waals surface area (Å²) in [6.07, 6.45) is 3.91. The lowest BCUT2D eigenvalue weighted by Crippen LogP contribution is -2.25. The van der Waals surface area contributed by atoms with Crippen LogP contribution in [-0.4, -0.2) is 16.5 Å². The van der Waals surface area contributed by atoms with Crippen molar-refractivity contribution in [2.75, 3.05) is 6.54 Å². The molecule has 2 rings (SSSR count). The summed E-state index contributed by atoms with van der Waals surface area (Å²) in [6, 6.07) is 6.64. The van der Waals surface area contributed by atoms with Crippen LogP contribution in [0.3, 0.4) is 0 Å². The third-order valence-corrected chi connectivity index (χ3v) is 3.27. The first kappa shape index (κ1) is 14.1. The summed E-state index contributed by atoms with van der Waals surface area (Å²) in [5.74, 6) is 0.478. The second kappa shape index (κ2) is 6.73. The van der Waals surface area contributed by atoms with E-state index in [0.29, 0.717) is 17.8 Å². The highest BCUT2D eigenvalue weighted by atomic mass is 79.9. The minimum atomic E-state index is -0.206. The van der Waals surface area contributed by atoms with Crippen molar-refractivity contribution in [1.82, 2.24) is 15.3 Å². The molecule has 1 aromatic heterocycles. The predicted molar refractivity (Wildman–Crippen MR) is 76.3 cm³/mol. The van der Waals surface area contributed by atoms with Crippen molar-refractivity contribution in [2.45, 2.75) is 19.4 Å². The van der Waals surface area contributed by atoms with Crippen LogP contribution < -0.4 is 5.32 Å². The van der Waals surface area contributed by atoms with E-state index in [9.17, 15) is 4.39 Å². The van der Waals surface area contributed by atoms with Gasteiger partial charge in [0.25, 0.3) is 0 Å². The van der Waals surface area contributed by atoms with Gasteiger partial charge in [-0.25, -0.2) is 14.4 Å². The van der Waals surface area contributed by atoms with E-state index < -0.39 is 0 Å². The second-order valence-corrected chi connectivity index (χ2v) is 5.07. The Kier molecular flexibility index (Phi) is 4.99. The standard InChI is InChI=1S/C14H15BrFN3/c1-2-17-13(14-18-6-3-7-19-14)9-10-8-11(15)4-5-12(10)16/h3-8,13,17H,2,9H2,1H3. The van der Waals surface area contributed by atoms with E-state index in [1.807, 2.05) is 6.92 Å². The van der Waals surface area contributed by atoms with Gasteiger partial charge in [-0.05, 0) is 42.8 Å². The van der Waals surface area contributed by atoms with Crippen molar-refractivity contribution in [2.24, 2.45) is 0 Å². The number of halogens is 2. The lowest BCUT2D eigenvalue weighted by Gasteiger charge is -2.16. The molecule has 0 radical (unpaired) electrons. The molecule has 5 heteroatoms. The molecule has 0 aliphatic heterocycles. The van der Waals surface area contributed by atoms with E-state index >= 15 is 0 Å². The normalized spacial score (nSPS) is 12.4. The molecule has 19 heavy (non-hydrogen) atoms. The van der Waals surface area contributed by atoms with E-state index in [4.69, 9.17) is 0 Å². The second-order valence-electron chi connectivity index (χ2n) is 4.16. The Hall–Kier alpha value is -1.33. The van der Waals surface area contributed by atoms with Crippen molar-refractivity contribution < 1.29 is 4.39 Å². The first-order chi connectivity index (χ1) is 9.20. The topological polar surface area (TPSA) is 37.8 Å². The third-order valence-electron chi connectivity index (χ3n) is 2.78. The van der Waals surface area contributed by atoms with Crippen molar-refractivity contribution >= 4 is 15.9 Å². The number of aromatic nitrogens is 2. The summed E-state index contributed by atoms with van der Waals surface area (Å²) in [6.45, 7) is 2.78. The van der Waals surface area contributed by atoms with Crippen LogP contribution >= 0.6 is 15.9 Å². The molecule has 0 bridgehead atoms. The third kappa shape index (κ3) is 3.81. The zero-order valence-corrected chi connectivity index (χ0v) is 12.2. The summed E-state index contributed by atoms with van der Waals surface area (Å²) in [4.78, 5) is 8.48. The number of rotatable bonds is 5. The molecule has 0 aliphatic rings. The average molecular weight is 324 g/mol. The zero-order valence-electron chi connectivity index (χ0n) is 10.6. The van der Waals surface area contributed by atoms with Gasteiger partial charge in [-0.1, -0.05) is 22.9 Å². The molecule has 0 aliphatic carbocycles. The largest absolute Gasteiger partial charge is 0.307 e. The van der Waals surface area contributed by atoms with Gasteiger partial charge < -0.3 is 5.32 Å². The maximum atomic E-state index is 13.8. The Morgan fingerprint density at radius 2 is 2.05 bits per heavy atom. The highest BCUT2D eigenvalue weighted by Gasteiger charge is 2.16. The van der Waals surface area contributed by atoms with Crippen LogP contribution in [0.1, 0.15) is 24.4 Å². The molecule has 2 aromatic rings. The maximum absolute atomic E-state index is 13.8. The highest BCUT2D eigenvalue weighted by Crippen LogP contribution is 2.21. The monoisotopic (exact) mass is 323 g/mol. The Bertz CT molecular complexity index is 533. The fraction of sp³-hybridized carbons (Fsp3) is 0.286. The van der Waals surface area contributed by atoms with Gasteiger partial charge in [-0.2, -0.15) is 0 Å². The van der Waals surface area contributed by atoms with Crippen molar-refractivity contribution in [3.63, 3.8) is 0 Å². The number of likely N-dealkylation sites (N-methyl/N-ethyl adjacent to an activating group) is 1. The van der Waals surface area contributed by atoms with E-state index in [0.717, 1.165) is 11.0 Å². The minimum absolute atomic E-state index is 0.0880. The molecule has 1 aromatic carbocycles. The fourth-order valence-electron chi connectivity index (χ4n) is 1.91. The van der Waals surface area contributed by atoms with Crippen molar-refractivity contribution in [1.29, 1.82) is 0 Å². The summed E-state index contributed by atoms with van der Waals surface area (Å²) in [5.41, 5.74) is 0.646. The van der Waals surface area contributed by atoms with E-state index in [-0.39, 0.29) is 11.9 Å². The number of nitrogens with one attached hydrogen (secondary N) is 1. The quantitative estimate of drug-likeness (QED) is 0.917. The number of benzene rings is 1. The lowest BCUT2D eigenvalue weighted by atomic mass is 10.0. The maximum Gasteiger partial charge on any atom is 0.145 e. The summed E-state index contributed by atoms with van der Waals surface area (Å²) >= 11 is 3.36. The highest BCUT2D eigenvalue weighted by molar-refractivity contribution is 9.10. The van der Waals surface area contributed by atoms with Crippen LogP contribution in [0.2, 0.25) is 0 Å². The van der Waals surface area contributed by atoms with Gasteiger partial charge >= 0.3 is 0 Å². The molecule has 3 nitrogen and oxygen atoms in total. The van der Waals surface area contributed by atoms with Gasteiger partial charge in [0.05, 0.1) is 6.04 Å². The SMILES string of the molecule is CCNC(Cc1cc(Br)ccc1F)c1ncccn1. The van der Waals surface area contributed by atoms with Gasteiger partial charge in [0, 0.05) is 16.9 Å². The molecule has 100 valence electrons. The molecule has 1 atom stereocenters.